The largest absolute Gasteiger partial charge is 0.433 e. The van der Waals surface area contributed by atoms with Gasteiger partial charge >= 0.3 is 6.61 Å². The molecule has 15 heavy (non-hydrogen) atoms. The Bertz CT molecular complexity index is 373. The molecule has 0 spiro atoms. The predicted octanol–water partition coefficient (Wildman–Crippen LogP) is 2.08. The maximum Gasteiger partial charge on any atom is 0.387 e. The van der Waals surface area contributed by atoms with Gasteiger partial charge in [0, 0.05) is 6.07 Å². The van der Waals surface area contributed by atoms with Gasteiger partial charge in [0.1, 0.15) is 11.6 Å². The summed E-state index contributed by atoms with van der Waals surface area (Å²) in [6.45, 7) is -3.00. The molecule has 0 bridgehead atoms. The first-order valence-electron chi connectivity index (χ1n) is 3.80. The average molecular weight is 236 g/mol. The topological polar surface area (TPSA) is 47.3 Å². The Hall–Kier alpha value is -1.50. The fraction of sp³-hybridized carbons (Fsp3) is 0.125. The van der Waals surface area contributed by atoms with Crippen LogP contribution >= 0.6 is 12.2 Å². The summed E-state index contributed by atoms with van der Waals surface area (Å²) in [4.78, 5) is 0. The standard InChI is InChI=1S/C8H7F3N2OS/c9-4-1-2-6(14-7(10)11)5(3-4)13-8(12)15/h1-3,7H,(H3,12,13,15). The van der Waals surface area contributed by atoms with Gasteiger partial charge in [0.05, 0.1) is 5.69 Å². The van der Waals surface area contributed by atoms with Gasteiger partial charge in [-0.1, -0.05) is 0 Å². The lowest BCUT2D eigenvalue weighted by molar-refractivity contribution is -0.0493. The van der Waals surface area contributed by atoms with Crippen LogP contribution in [0, 0.1) is 5.82 Å². The summed E-state index contributed by atoms with van der Waals surface area (Å²) in [5.74, 6) is -0.838. The van der Waals surface area contributed by atoms with Gasteiger partial charge in [-0.05, 0) is 24.4 Å². The van der Waals surface area contributed by atoms with Crippen molar-refractivity contribution < 1.29 is 17.9 Å². The molecule has 1 aromatic rings. The maximum atomic E-state index is 12.8. The quantitative estimate of drug-likeness (QED) is 0.789. The predicted molar refractivity (Wildman–Crippen MR) is 53.4 cm³/mol. The number of nitrogens with one attached hydrogen (secondary N) is 1. The van der Waals surface area contributed by atoms with Crippen molar-refractivity contribution in [2.75, 3.05) is 5.32 Å². The van der Waals surface area contributed by atoms with Crippen LogP contribution in [0.1, 0.15) is 0 Å². The number of nitrogens with two attached hydrogens (primary N) is 1. The molecule has 1 rings (SSSR count). The van der Waals surface area contributed by atoms with E-state index in [0.29, 0.717) is 0 Å². The average Bonchev–Trinajstić information content (AvgIpc) is 2.08. The lowest BCUT2D eigenvalue weighted by Crippen LogP contribution is -2.20. The van der Waals surface area contributed by atoms with Gasteiger partial charge in [-0.15, -0.1) is 0 Å². The Morgan fingerprint density at radius 3 is 2.67 bits per heavy atom. The molecule has 0 aliphatic rings. The summed E-state index contributed by atoms with van der Waals surface area (Å²) in [6, 6.07) is 3.00. The first-order valence-corrected chi connectivity index (χ1v) is 4.20. The molecular formula is C8H7F3N2OS. The highest BCUT2D eigenvalue weighted by molar-refractivity contribution is 7.80. The second kappa shape index (κ2) is 4.83. The third kappa shape index (κ3) is 3.62. The van der Waals surface area contributed by atoms with Crippen LogP contribution in [0.25, 0.3) is 0 Å². The molecule has 0 saturated heterocycles. The number of rotatable bonds is 3. The van der Waals surface area contributed by atoms with Crippen LogP contribution in [0.4, 0.5) is 18.9 Å². The number of hydrogen-bond acceptors (Lipinski definition) is 2. The normalized spacial score (nSPS) is 10.1. The van der Waals surface area contributed by atoms with Gasteiger partial charge in [-0.25, -0.2) is 4.39 Å². The van der Waals surface area contributed by atoms with Gasteiger partial charge in [0.25, 0.3) is 0 Å². The molecule has 0 aliphatic heterocycles. The van der Waals surface area contributed by atoms with Crippen LogP contribution in [0.5, 0.6) is 5.75 Å². The minimum absolute atomic E-state index is 0.0391. The van der Waals surface area contributed by atoms with Gasteiger partial charge in [-0.3, -0.25) is 0 Å². The van der Waals surface area contributed by atoms with E-state index < -0.39 is 12.4 Å². The van der Waals surface area contributed by atoms with Crippen molar-refractivity contribution in [3.8, 4) is 5.75 Å². The van der Waals surface area contributed by atoms with E-state index in [2.05, 4.69) is 22.3 Å². The molecule has 0 aliphatic carbocycles. The van der Waals surface area contributed by atoms with E-state index in [1.807, 2.05) is 0 Å². The zero-order valence-corrected chi connectivity index (χ0v) is 8.15. The minimum atomic E-state index is -3.00. The van der Waals surface area contributed by atoms with Crippen LogP contribution in [-0.4, -0.2) is 11.7 Å². The van der Waals surface area contributed by atoms with E-state index in [9.17, 15) is 13.2 Å². The van der Waals surface area contributed by atoms with Crippen molar-refractivity contribution in [3.63, 3.8) is 0 Å². The SMILES string of the molecule is NC(=S)Nc1cc(F)ccc1OC(F)F. The van der Waals surface area contributed by atoms with Crippen LogP contribution in [0.2, 0.25) is 0 Å². The highest BCUT2D eigenvalue weighted by Gasteiger charge is 2.10. The number of benzene rings is 1. The minimum Gasteiger partial charge on any atom is -0.433 e. The summed E-state index contributed by atoms with van der Waals surface area (Å²) in [5.41, 5.74) is 5.09. The lowest BCUT2D eigenvalue weighted by atomic mass is 10.3. The van der Waals surface area contributed by atoms with E-state index in [1.165, 1.54) is 0 Å². The smallest absolute Gasteiger partial charge is 0.387 e. The lowest BCUT2D eigenvalue weighted by Gasteiger charge is -2.11. The third-order valence-electron chi connectivity index (χ3n) is 1.42. The molecule has 3 nitrogen and oxygen atoms in total. The van der Waals surface area contributed by atoms with E-state index in [4.69, 9.17) is 5.73 Å². The van der Waals surface area contributed by atoms with Gasteiger partial charge in [-0.2, -0.15) is 8.78 Å². The Labute approximate surface area is 89.0 Å². The first kappa shape index (κ1) is 11.6. The molecule has 0 aromatic heterocycles. The van der Waals surface area contributed by atoms with Gasteiger partial charge in [0.15, 0.2) is 5.11 Å². The van der Waals surface area contributed by atoms with E-state index in [1.54, 1.807) is 0 Å². The van der Waals surface area contributed by atoms with Gasteiger partial charge < -0.3 is 15.8 Å². The third-order valence-corrected chi connectivity index (χ3v) is 1.52. The van der Waals surface area contributed by atoms with E-state index >= 15 is 0 Å². The number of thiocarbonyl (C=S) groups is 1. The van der Waals surface area contributed by atoms with Crippen molar-refractivity contribution in [1.29, 1.82) is 0 Å². The summed E-state index contributed by atoms with van der Waals surface area (Å²) >= 11 is 4.50. The van der Waals surface area contributed by atoms with Crippen LogP contribution in [0.3, 0.4) is 0 Å². The number of hydrogen-bond donors (Lipinski definition) is 2. The molecule has 0 radical (unpaired) electrons. The molecule has 82 valence electrons. The van der Waals surface area contributed by atoms with Crippen molar-refractivity contribution in [2.24, 2.45) is 5.73 Å². The van der Waals surface area contributed by atoms with Crippen LogP contribution in [0.15, 0.2) is 18.2 Å². The molecule has 0 amide bonds. The second-order valence-corrected chi connectivity index (χ2v) is 2.95. The summed E-state index contributed by atoms with van der Waals surface area (Å²) in [7, 11) is 0. The molecule has 3 N–H and O–H groups in total. The summed E-state index contributed by atoms with van der Waals surface area (Å²) in [5, 5.41) is 2.16. The Balaban J connectivity index is 2.97. The summed E-state index contributed by atoms with van der Waals surface area (Å²) < 4.78 is 40.8. The molecule has 1 aromatic carbocycles. The Morgan fingerprint density at radius 1 is 1.47 bits per heavy atom. The Kier molecular flexibility index (Phi) is 3.73. The number of anilines is 1. The monoisotopic (exact) mass is 236 g/mol. The zero-order chi connectivity index (χ0) is 11.4. The van der Waals surface area contributed by atoms with Crippen LogP contribution in [-0.2, 0) is 0 Å². The highest BCUT2D eigenvalue weighted by Crippen LogP contribution is 2.26. The molecule has 0 heterocycles. The van der Waals surface area contributed by atoms with Crippen molar-refractivity contribution in [3.05, 3.63) is 24.0 Å². The number of ether oxygens (including phenoxy) is 1. The van der Waals surface area contributed by atoms with Crippen molar-refractivity contribution in [2.45, 2.75) is 6.61 Å². The molecule has 7 heteroatoms. The fourth-order valence-electron chi connectivity index (χ4n) is 0.931. The molecule has 0 atom stereocenters. The second-order valence-electron chi connectivity index (χ2n) is 2.51. The molecule has 0 unspecified atom stereocenters. The number of halogens is 3. The molecule has 0 saturated carbocycles. The summed E-state index contributed by atoms with van der Waals surface area (Å²) in [6.07, 6.45) is 0. The van der Waals surface area contributed by atoms with E-state index in [-0.39, 0.29) is 16.5 Å². The Morgan fingerprint density at radius 2 is 2.13 bits per heavy atom. The zero-order valence-electron chi connectivity index (χ0n) is 7.34. The molecule has 0 fully saturated rings. The van der Waals surface area contributed by atoms with Crippen molar-refractivity contribution >= 4 is 23.0 Å². The highest BCUT2D eigenvalue weighted by atomic mass is 32.1. The maximum absolute atomic E-state index is 12.8. The van der Waals surface area contributed by atoms with Gasteiger partial charge in [0.2, 0.25) is 0 Å². The number of alkyl halides is 2. The van der Waals surface area contributed by atoms with Crippen LogP contribution < -0.4 is 15.8 Å². The van der Waals surface area contributed by atoms with Crippen molar-refractivity contribution in [1.82, 2.24) is 0 Å². The fourth-order valence-corrected chi connectivity index (χ4v) is 1.04. The first-order chi connectivity index (χ1) is 6.99. The molecular weight excluding hydrogens is 229 g/mol. The van der Waals surface area contributed by atoms with E-state index in [0.717, 1.165) is 18.2 Å².